The number of aromatic nitrogens is 1. The molecule has 2 N–H and O–H groups in total. The lowest BCUT2D eigenvalue weighted by Crippen LogP contribution is -2.25. The van der Waals surface area contributed by atoms with Crippen molar-refractivity contribution in [3.63, 3.8) is 0 Å². The smallest absolute Gasteiger partial charge is 0.293 e. The van der Waals surface area contributed by atoms with Gasteiger partial charge < -0.3 is 15.5 Å². The molecule has 1 saturated heterocycles. The first-order chi connectivity index (χ1) is 14.6. The number of nitro benzene ring substituents is 1. The predicted octanol–water partition coefficient (Wildman–Crippen LogP) is 3.87. The quantitative estimate of drug-likeness (QED) is 0.532. The van der Waals surface area contributed by atoms with Crippen molar-refractivity contribution in [1.29, 1.82) is 0 Å². The van der Waals surface area contributed by atoms with Crippen molar-refractivity contribution in [3.8, 4) is 0 Å². The van der Waals surface area contributed by atoms with E-state index in [-0.39, 0.29) is 17.2 Å². The zero-order valence-electron chi connectivity index (χ0n) is 17.0. The first-order valence-electron chi connectivity index (χ1n) is 10.6. The minimum Gasteiger partial charge on any atom is -0.377 e. The summed E-state index contributed by atoms with van der Waals surface area (Å²) in [5.41, 5.74) is 1.56. The van der Waals surface area contributed by atoms with Crippen LogP contribution in [0, 0.1) is 10.1 Å². The molecule has 30 heavy (non-hydrogen) atoms. The number of hydrogen-bond acceptors (Lipinski definition) is 6. The Hall–Kier alpha value is -3.16. The Bertz CT molecular complexity index is 903. The molecule has 1 aromatic carbocycles. The fraction of sp³-hybridized carbons (Fsp3) is 0.455. The molecular formula is C22H27N5O3. The van der Waals surface area contributed by atoms with E-state index >= 15 is 0 Å². The number of nitrogens with zero attached hydrogens (tertiary/aromatic N) is 3. The Morgan fingerprint density at radius 3 is 2.53 bits per heavy atom. The molecule has 0 unspecified atom stereocenters. The van der Waals surface area contributed by atoms with Crippen LogP contribution >= 0.6 is 0 Å². The van der Waals surface area contributed by atoms with Gasteiger partial charge in [0.15, 0.2) is 0 Å². The third-order valence-corrected chi connectivity index (χ3v) is 5.59. The summed E-state index contributed by atoms with van der Waals surface area (Å²) in [7, 11) is 0. The molecule has 0 atom stereocenters. The second kappa shape index (κ2) is 9.11. The van der Waals surface area contributed by atoms with E-state index in [1.807, 2.05) is 12.1 Å². The molecule has 0 spiro atoms. The monoisotopic (exact) mass is 409 g/mol. The number of hydrogen-bond donors (Lipinski definition) is 2. The number of benzene rings is 1. The summed E-state index contributed by atoms with van der Waals surface area (Å²) in [4.78, 5) is 30.3. The number of carbonyl (C=O) groups excluding carboxylic acids is 1. The van der Waals surface area contributed by atoms with Gasteiger partial charge in [-0.05, 0) is 49.4 Å². The number of pyridine rings is 1. The molecule has 2 aliphatic rings. The zero-order valence-corrected chi connectivity index (χ0v) is 17.0. The Kier molecular flexibility index (Phi) is 6.11. The fourth-order valence-corrected chi connectivity index (χ4v) is 3.69. The maximum absolute atomic E-state index is 12.5. The van der Waals surface area contributed by atoms with Gasteiger partial charge in [0.1, 0.15) is 11.5 Å². The minimum absolute atomic E-state index is 0.0713. The average Bonchev–Trinajstić information content (AvgIpc) is 3.59. The molecule has 8 nitrogen and oxygen atoms in total. The molecule has 4 rings (SSSR count). The highest BCUT2D eigenvalue weighted by molar-refractivity contribution is 5.95. The van der Waals surface area contributed by atoms with E-state index in [1.54, 1.807) is 18.3 Å². The van der Waals surface area contributed by atoms with Crippen molar-refractivity contribution in [2.24, 2.45) is 0 Å². The number of amides is 1. The van der Waals surface area contributed by atoms with Crippen LogP contribution in [0.15, 0.2) is 36.5 Å². The van der Waals surface area contributed by atoms with E-state index in [0.717, 1.165) is 37.3 Å². The van der Waals surface area contributed by atoms with Crippen LogP contribution in [0.4, 0.5) is 17.2 Å². The van der Waals surface area contributed by atoms with Crippen LogP contribution in [0.3, 0.4) is 0 Å². The summed E-state index contributed by atoms with van der Waals surface area (Å²) in [5.74, 6) is 0.633. The molecule has 158 valence electrons. The Balaban J connectivity index is 1.37. The molecule has 2 fully saturated rings. The first-order valence-corrected chi connectivity index (χ1v) is 10.6. The largest absolute Gasteiger partial charge is 0.377 e. The van der Waals surface area contributed by atoms with Gasteiger partial charge in [-0.15, -0.1) is 0 Å². The predicted molar refractivity (Wildman–Crippen MR) is 116 cm³/mol. The molecular weight excluding hydrogens is 382 g/mol. The van der Waals surface area contributed by atoms with Crippen molar-refractivity contribution in [2.75, 3.05) is 23.3 Å². The lowest BCUT2D eigenvalue weighted by molar-refractivity contribution is -0.384. The van der Waals surface area contributed by atoms with Crippen molar-refractivity contribution < 1.29 is 9.72 Å². The van der Waals surface area contributed by atoms with E-state index in [0.29, 0.717) is 18.3 Å². The van der Waals surface area contributed by atoms with Gasteiger partial charge in [0.25, 0.3) is 11.6 Å². The van der Waals surface area contributed by atoms with Crippen molar-refractivity contribution >= 4 is 23.1 Å². The summed E-state index contributed by atoms with van der Waals surface area (Å²) in [6, 6.07) is 8.83. The van der Waals surface area contributed by atoms with Crippen LogP contribution in [0.25, 0.3) is 0 Å². The van der Waals surface area contributed by atoms with Crippen LogP contribution in [0.2, 0.25) is 0 Å². The van der Waals surface area contributed by atoms with Crippen molar-refractivity contribution in [2.45, 2.75) is 51.1 Å². The molecule has 1 aromatic heterocycles. The average molecular weight is 409 g/mol. The van der Waals surface area contributed by atoms with Crippen molar-refractivity contribution in [3.05, 3.63) is 57.8 Å². The van der Waals surface area contributed by atoms with Gasteiger partial charge >= 0.3 is 0 Å². The van der Waals surface area contributed by atoms with E-state index in [1.165, 1.54) is 31.7 Å². The summed E-state index contributed by atoms with van der Waals surface area (Å²) < 4.78 is 0. The zero-order chi connectivity index (χ0) is 20.9. The highest BCUT2D eigenvalue weighted by Gasteiger charge is 2.25. The van der Waals surface area contributed by atoms with Gasteiger partial charge in [-0.2, -0.15) is 0 Å². The first kappa shape index (κ1) is 20.1. The fourth-order valence-electron chi connectivity index (χ4n) is 3.69. The molecule has 1 amide bonds. The highest BCUT2D eigenvalue weighted by atomic mass is 16.6. The lowest BCUT2D eigenvalue weighted by Gasteiger charge is -2.21. The second-order valence-electron chi connectivity index (χ2n) is 8.02. The summed E-state index contributed by atoms with van der Waals surface area (Å²) in [6.07, 6.45) is 8.76. The van der Waals surface area contributed by atoms with Crippen LogP contribution in [0.5, 0.6) is 0 Å². The van der Waals surface area contributed by atoms with Crippen LogP contribution in [0.1, 0.15) is 54.4 Å². The molecule has 0 bridgehead atoms. The number of nitrogens with one attached hydrogen (secondary N) is 2. The highest BCUT2D eigenvalue weighted by Crippen LogP contribution is 2.31. The maximum Gasteiger partial charge on any atom is 0.293 e. The second-order valence-corrected chi connectivity index (χ2v) is 8.02. The number of carbonyl (C=O) groups is 1. The van der Waals surface area contributed by atoms with Gasteiger partial charge in [-0.25, -0.2) is 4.98 Å². The Morgan fingerprint density at radius 1 is 1.13 bits per heavy atom. The van der Waals surface area contributed by atoms with Crippen LogP contribution < -0.4 is 15.5 Å². The number of nitro groups is 1. The summed E-state index contributed by atoms with van der Waals surface area (Å²) >= 11 is 0. The van der Waals surface area contributed by atoms with Gasteiger partial charge in [-0.1, -0.05) is 18.9 Å². The van der Waals surface area contributed by atoms with Crippen LogP contribution in [-0.4, -0.2) is 34.9 Å². The molecule has 2 heterocycles. The van der Waals surface area contributed by atoms with E-state index in [4.69, 9.17) is 0 Å². The third-order valence-electron chi connectivity index (χ3n) is 5.59. The molecule has 8 heteroatoms. The van der Waals surface area contributed by atoms with E-state index in [2.05, 4.69) is 20.5 Å². The van der Waals surface area contributed by atoms with E-state index < -0.39 is 4.92 Å². The van der Waals surface area contributed by atoms with Gasteiger partial charge in [0.05, 0.1) is 4.92 Å². The number of rotatable bonds is 7. The number of anilines is 2. The van der Waals surface area contributed by atoms with Crippen LogP contribution in [-0.2, 0) is 6.54 Å². The molecule has 2 aromatic rings. The molecule has 1 aliphatic carbocycles. The maximum atomic E-state index is 12.5. The molecule has 0 radical (unpaired) electrons. The molecule has 1 aliphatic heterocycles. The topological polar surface area (TPSA) is 100 Å². The van der Waals surface area contributed by atoms with Gasteiger partial charge in [0.2, 0.25) is 0 Å². The Morgan fingerprint density at radius 2 is 1.90 bits per heavy atom. The minimum atomic E-state index is -0.451. The van der Waals surface area contributed by atoms with Crippen molar-refractivity contribution in [1.82, 2.24) is 10.3 Å². The Labute approximate surface area is 175 Å². The SMILES string of the molecule is O=C(NCc1ccc(N2CCCCCC2)nc1)c1ccc(NC2CC2)c([N+](=O)[O-])c1. The standard InChI is InChI=1S/C22H27N5O3/c28-22(17-6-9-19(25-18-7-8-18)20(13-17)27(29)30)24-15-16-5-10-21(23-14-16)26-11-3-1-2-4-12-26/h5-6,9-10,13-14,18,25H,1-4,7-8,11-12,15H2,(H,24,28). The summed E-state index contributed by atoms with van der Waals surface area (Å²) in [6.45, 7) is 2.39. The molecule has 1 saturated carbocycles. The third kappa shape index (κ3) is 5.06. The lowest BCUT2D eigenvalue weighted by atomic mass is 10.1. The van der Waals surface area contributed by atoms with E-state index in [9.17, 15) is 14.9 Å². The van der Waals surface area contributed by atoms with Gasteiger partial charge in [0, 0.05) is 43.5 Å². The summed E-state index contributed by atoms with van der Waals surface area (Å²) in [5, 5.41) is 17.4. The van der Waals surface area contributed by atoms with Gasteiger partial charge in [-0.3, -0.25) is 14.9 Å². The normalized spacial score (nSPS) is 16.6.